The number of carbonyl (C=O) groups is 4. The minimum Gasteiger partial charge on any atom is -0.480 e. The molecule has 8 N–H and O–H groups in total. The molecule has 2 heterocycles. The maximum Gasteiger partial charge on any atom is 0.326 e. The van der Waals surface area contributed by atoms with Gasteiger partial charge in [0.1, 0.15) is 18.1 Å². The van der Waals surface area contributed by atoms with Crippen LogP contribution in [0.25, 0.3) is 0 Å². The number of aliphatic carboxylic acids is 1. The van der Waals surface area contributed by atoms with Crippen LogP contribution in [-0.2, 0) is 32.0 Å². The smallest absolute Gasteiger partial charge is 0.326 e. The maximum absolute atomic E-state index is 13.1. The number of carbonyl (C=O) groups excluding carboxylic acids is 3. The first-order chi connectivity index (χ1) is 16.1. The van der Waals surface area contributed by atoms with Crippen LogP contribution in [0.4, 0.5) is 0 Å². The molecule has 0 aliphatic carbocycles. The van der Waals surface area contributed by atoms with Gasteiger partial charge in [0.2, 0.25) is 17.7 Å². The predicted molar refractivity (Wildman–Crippen MR) is 125 cm³/mol. The van der Waals surface area contributed by atoms with Gasteiger partial charge in [-0.1, -0.05) is 13.8 Å². The minimum atomic E-state index is -1.24. The van der Waals surface area contributed by atoms with Gasteiger partial charge in [-0.25, -0.2) is 14.8 Å². The summed E-state index contributed by atoms with van der Waals surface area (Å²) in [6, 6.07) is -4.28. The molecule has 0 bridgehead atoms. The van der Waals surface area contributed by atoms with Gasteiger partial charge >= 0.3 is 5.97 Å². The largest absolute Gasteiger partial charge is 0.480 e. The van der Waals surface area contributed by atoms with E-state index in [0.29, 0.717) is 11.4 Å². The third kappa shape index (κ3) is 7.88. The number of rotatable bonds is 13. The third-order valence-corrected chi connectivity index (χ3v) is 5.38. The van der Waals surface area contributed by atoms with Gasteiger partial charge in [0.05, 0.1) is 18.7 Å². The Hall–Kier alpha value is -3.39. The van der Waals surface area contributed by atoms with E-state index in [-0.39, 0.29) is 24.5 Å². The molecule has 0 aliphatic heterocycles. The van der Waals surface area contributed by atoms with Crippen molar-refractivity contribution in [1.29, 1.82) is 0 Å². The molecule has 0 aliphatic rings. The average molecular weight is 495 g/mol. The van der Waals surface area contributed by atoms with Crippen molar-refractivity contribution >= 4 is 36.3 Å². The summed E-state index contributed by atoms with van der Waals surface area (Å²) in [7, 11) is 0. The Bertz CT molecular complexity index is 950. The number of nitrogens with one attached hydrogen (secondary N) is 5. The van der Waals surface area contributed by atoms with E-state index in [1.165, 1.54) is 25.0 Å². The van der Waals surface area contributed by atoms with Gasteiger partial charge in [0.15, 0.2) is 0 Å². The van der Waals surface area contributed by atoms with Crippen molar-refractivity contribution in [2.75, 3.05) is 5.75 Å². The molecule has 0 spiro atoms. The standard InChI is InChI=1S/C20H30N8O5S/c1-10(2)16(19(31)27-15(20(32)33)4-12-6-23-9-25-12)28-18(30)14(3-11-5-22-8-24-11)26-17(29)13(21)7-34/h5-6,8-10,13-16,34H,3-4,7,21H2,1-2H3,(H,22,24)(H,23,25)(H,26,29)(H,27,31)(H,28,30)(H,32,33). The molecule has 186 valence electrons. The van der Waals surface area contributed by atoms with Crippen molar-refractivity contribution in [2.24, 2.45) is 11.7 Å². The second-order valence-electron chi connectivity index (χ2n) is 8.04. The molecule has 0 radical (unpaired) electrons. The molecule has 3 amide bonds. The summed E-state index contributed by atoms with van der Waals surface area (Å²) in [5.74, 6) is -3.42. The van der Waals surface area contributed by atoms with Crippen molar-refractivity contribution in [1.82, 2.24) is 35.9 Å². The van der Waals surface area contributed by atoms with Gasteiger partial charge in [0.25, 0.3) is 0 Å². The molecule has 14 heteroatoms. The average Bonchev–Trinajstić information content (AvgIpc) is 3.49. The van der Waals surface area contributed by atoms with E-state index in [4.69, 9.17) is 5.73 Å². The van der Waals surface area contributed by atoms with Crippen LogP contribution in [0, 0.1) is 5.92 Å². The van der Waals surface area contributed by atoms with Gasteiger partial charge < -0.3 is 36.8 Å². The number of hydrogen-bond acceptors (Lipinski definition) is 8. The molecule has 2 aromatic heterocycles. The number of thiol groups is 1. The van der Waals surface area contributed by atoms with Crippen LogP contribution >= 0.6 is 12.6 Å². The summed E-state index contributed by atoms with van der Waals surface area (Å²) >= 11 is 4.00. The van der Waals surface area contributed by atoms with E-state index in [1.54, 1.807) is 13.8 Å². The van der Waals surface area contributed by atoms with Crippen LogP contribution < -0.4 is 21.7 Å². The van der Waals surface area contributed by atoms with Gasteiger partial charge in [0, 0.05) is 42.4 Å². The van der Waals surface area contributed by atoms with Crippen LogP contribution in [-0.4, -0.2) is 78.7 Å². The molecule has 0 fully saturated rings. The van der Waals surface area contributed by atoms with Crippen molar-refractivity contribution in [2.45, 2.75) is 50.9 Å². The molecule has 4 atom stereocenters. The quantitative estimate of drug-likeness (QED) is 0.151. The lowest BCUT2D eigenvalue weighted by molar-refractivity contribution is -0.142. The summed E-state index contributed by atoms with van der Waals surface area (Å²) in [6.07, 6.45) is 5.86. The van der Waals surface area contributed by atoms with Crippen LogP contribution in [0.15, 0.2) is 25.0 Å². The topological polar surface area (TPSA) is 208 Å². The molecule has 2 rings (SSSR count). The highest BCUT2D eigenvalue weighted by molar-refractivity contribution is 7.80. The van der Waals surface area contributed by atoms with E-state index >= 15 is 0 Å². The fourth-order valence-corrected chi connectivity index (χ4v) is 3.22. The molecule has 4 unspecified atom stereocenters. The Morgan fingerprint density at radius 2 is 1.47 bits per heavy atom. The summed E-state index contributed by atoms with van der Waals surface area (Å²) in [5.41, 5.74) is 6.82. The Labute approximate surface area is 201 Å². The number of carboxylic acids is 1. The van der Waals surface area contributed by atoms with Crippen LogP contribution in [0.1, 0.15) is 25.2 Å². The molecule has 0 aromatic carbocycles. The first kappa shape index (κ1) is 26.9. The van der Waals surface area contributed by atoms with Crippen molar-refractivity contribution in [3.8, 4) is 0 Å². The van der Waals surface area contributed by atoms with Gasteiger partial charge in [-0.15, -0.1) is 0 Å². The predicted octanol–water partition coefficient (Wildman–Crippen LogP) is -1.63. The Morgan fingerprint density at radius 1 is 0.941 bits per heavy atom. The van der Waals surface area contributed by atoms with Crippen LogP contribution in [0.3, 0.4) is 0 Å². The minimum absolute atomic E-state index is 0.0139. The molecule has 2 aromatic rings. The second kappa shape index (κ2) is 12.7. The normalized spacial score (nSPS) is 14.6. The number of amides is 3. The van der Waals surface area contributed by atoms with Crippen molar-refractivity contribution < 1.29 is 24.3 Å². The van der Waals surface area contributed by atoms with E-state index in [9.17, 15) is 24.3 Å². The van der Waals surface area contributed by atoms with Gasteiger partial charge in [-0.2, -0.15) is 12.6 Å². The highest BCUT2D eigenvalue weighted by atomic mass is 32.1. The number of H-pyrrole nitrogens is 2. The van der Waals surface area contributed by atoms with Gasteiger partial charge in [-0.05, 0) is 5.92 Å². The summed E-state index contributed by atoms with van der Waals surface area (Å²) in [4.78, 5) is 63.4. The first-order valence-electron chi connectivity index (χ1n) is 10.6. The number of hydrogen-bond donors (Lipinski definition) is 8. The second-order valence-corrected chi connectivity index (χ2v) is 8.41. The number of nitrogens with two attached hydrogens (primary N) is 1. The fraction of sp³-hybridized carbons (Fsp3) is 0.500. The molecule has 0 saturated carbocycles. The first-order valence-corrected chi connectivity index (χ1v) is 11.2. The number of aromatic amines is 2. The Morgan fingerprint density at radius 3 is 1.91 bits per heavy atom. The zero-order chi connectivity index (χ0) is 25.3. The van der Waals surface area contributed by atoms with Gasteiger partial charge in [-0.3, -0.25) is 14.4 Å². The molecule has 13 nitrogen and oxygen atoms in total. The number of nitrogens with zero attached hydrogens (tertiary/aromatic N) is 2. The lowest BCUT2D eigenvalue weighted by atomic mass is 10.0. The molecular weight excluding hydrogens is 464 g/mol. The number of aromatic nitrogens is 4. The lowest BCUT2D eigenvalue weighted by Gasteiger charge is -2.27. The van der Waals surface area contributed by atoms with E-state index < -0.39 is 47.9 Å². The summed E-state index contributed by atoms with van der Waals surface area (Å²) < 4.78 is 0. The molecular formula is C20H30N8O5S. The van der Waals surface area contributed by atoms with Crippen molar-refractivity contribution in [3.05, 3.63) is 36.4 Å². The Balaban J connectivity index is 2.13. The lowest BCUT2D eigenvalue weighted by Crippen LogP contribution is -2.59. The third-order valence-electron chi connectivity index (χ3n) is 4.99. The SMILES string of the molecule is CC(C)C(NC(=O)C(Cc1cnc[nH]1)NC(=O)C(N)CS)C(=O)NC(Cc1cnc[nH]1)C(=O)O. The van der Waals surface area contributed by atoms with Crippen LogP contribution in [0.2, 0.25) is 0 Å². The highest BCUT2D eigenvalue weighted by Crippen LogP contribution is 2.07. The highest BCUT2D eigenvalue weighted by Gasteiger charge is 2.32. The zero-order valence-electron chi connectivity index (χ0n) is 18.8. The summed E-state index contributed by atoms with van der Waals surface area (Å²) in [5, 5.41) is 17.2. The molecule has 34 heavy (non-hydrogen) atoms. The Kier molecular flexibility index (Phi) is 10.1. The monoisotopic (exact) mass is 494 g/mol. The molecule has 0 saturated heterocycles. The van der Waals surface area contributed by atoms with E-state index in [0.717, 1.165) is 0 Å². The number of carboxylic acid groups (broad SMARTS) is 1. The van der Waals surface area contributed by atoms with E-state index in [2.05, 4.69) is 48.5 Å². The van der Waals surface area contributed by atoms with Crippen LogP contribution in [0.5, 0.6) is 0 Å². The maximum atomic E-state index is 13.1. The zero-order valence-corrected chi connectivity index (χ0v) is 19.7. The summed E-state index contributed by atoms with van der Waals surface area (Å²) in [6.45, 7) is 3.41. The van der Waals surface area contributed by atoms with E-state index in [1.807, 2.05) is 0 Å². The fourth-order valence-electron chi connectivity index (χ4n) is 3.05. The number of imidazole rings is 2. The van der Waals surface area contributed by atoms with Crippen molar-refractivity contribution in [3.63, 3.8) is 0 Å².